The minimum Gasteiger partial charge on any atom is -0.507 e. The first-order valence-corrected chi connectivity index (χ1v) is 9.06. The van der Waals surface area contributed by atoms with Crippen LogP contribution in [-0.4, -0.2) is 16.0 Å². The minimum absolute atomic E-state index is 0.101. The number of hydrogen-bond acceptors (Lipinski definition) is 3. The molecule has 0 aliphatic heterocycles. The van der Waals surface area contributed by atoms with Crippen molar-refractivity contribution in [2.75, 3.05) is 5.32 Å². The second kappa shape index (κ2) is 8.94. The van der Waals surface area contributed by atoms with Crippen molar-refractivity contribution in [1.82, 2.24) is 4.98 Å². The molecule has 1 aromatic heterocycles. The molecule has 0 radical (unpaired) electrons. The average molecular weight is 404 g/mol. The summed E-state index contributed by atoms with van der Waals surface area (Å²) in [4.78, 5) is 15.0. The number of nitrogens with zero attached hydrogens (tertiary/aromatic N) is 1. The molecule has 0 spiro atoms. The first-order valence-electron chi connectivity index (χ1n) is 9.06. The standard InChI is InChI=1S/C12H15F3N2O.C10H8O/c1-4-11(2,3)10(18)17-8-5-6-16-9(7-8)12(13,14)15;11-10-7-3-5-8-4-1-2-6-9(8)10/h5-7H,4H2,1-3H3,(H,16,17,18);1-7,11H. The van der Waals surface area contributed by atoms with E-state index in [0.29, 0.717) is 12.2 Å². The number of fused-ring (bicyclic) bond motifs is 1. The van der Waals surface area contributed by atoms with Gasteiger partial charge < -0.3 is 10.4 Å². The van der Waals surface area contributed by atoms with Crippen molar-refractivity contribution in [3.8, 4) is 5.75 Å². The van der Waals surface area contributed by atoms with Crippen LogP contribution in [0.25, 0.3) is 10.8 Å². The number of phenols is 1. The molecule has 0 atom stereocenters. The number of carbonyl (C=O) groups excluding carboxylic acids is 1. The van der Waals surface area contributed by atoms with Gasteiger partial charge in [-0.3, -0.25) is 9.78 Å². The van der Waals surface area contributed by atoms with E-state index in [1.807, 2.05) is 43.3 Å². The number of halogens is 3. The first-order chi connectivity index (χ1) is 13.5. The summed E-state index contributed by atoms with van der Waals surface area (Å²) < 4.78 is 37.3. The Labute approximate surface area is 167 Å². The summed E-state index contributed by atoms with van der Waals surface area (Å²) >= 11 is 0. The molecule has 7 heteroatoms. The van der Waals surface area contributed by atoms with Crippen molar-refractivity contribution in [3.63, 3.8) is 0 Å². The molecule has 0 aliphatic carbocycles. The number of phenolic OH excluding ortho intramolecular Hbond substituents is 1. The third kappa shape index (κ3) is 5.94. The summed E-state index contributed by atoms with van der Waals surface area (Å²) in [7, 11) is 0. The van der Waals surface area contributed by atoms with Gasteiger partial charge in [0.15, 0.2) is 0 Å². The van der Waals surface area contributed by atoms with E-state index in [4.69, 9.17) is 0 Å². The molecule has 2 aromatic carbocycles. The molecule has 0 aliphatic rings. The number of carbonyl (C=O) groups is 1. The van der Waals surface area contributed by atoms with Gasteiger partial charge in [0.1, 0.15) is 11.4 Å². The minimum atomic E-state index is -4.51. The predicted octanol–water partition coefficient (Wildman–Crippen LogP) is 6.02. The van der Waals surface area contributed by atoms with Crippen molar-refractivity contribution < 1.29 is 23.1 Å². The van der Waals surface area contributed by atoms with Crippen LogP contribution in [0.5, 0.6) is 5.75 Å². The molecular weight excluding hydrogens is 381 g/mol. The van der Waals surface area contributed by atoms with Gasteiger partial charge in [0.25, 0.3) is 0 Å². The van der Waals surface area contributed by atoms with E-state index in [-0.39, 0.29) is 11.6 Å². The van der Waals surface area contributed by atoms with E-state index < -0.39 is 17.3 Å². The van der Waals surface area contributed by atoms with Crippen LogP contribution in [0.4, 0.5) is 18.9 Å². The van der Waals surface area contributed by atoms with Gasteiger partial charge in [0.05, 0.1) is 0 Å². The number of amides is 1. The Morgan fingerprint density at radius 2 is 1.72 bits per heavy atom. The molecule has 0 saturated heterocycles. The second-order valence-corrected chi connectivity index (χ2v) is 7.12. The number of hydrogen-bond donors (Lipinski definition) is 2. The van der Waals surface area contributed by atoms with E-state index >= 15 is 0 Å². The van der Waals surface area contributed by atoms with Crippen LogP contribution in [0.2, 0.25) is 0 Å². The van der Waals surface area contributed by atoms with Crippen LogP contribution in [0.1, 0.15) is 32.9 Å². The molecule has 29 heavy (non-hydrogen) atoms. The number of aromatic hydroxyl groups is 1. The normalized spacial score (nSPS) is 11.5. The topological polar surface area (TPSA) is 62.2 Å². The fourth-order valence-electron chi connectivity index (χ4n) is 2.33. The molecule has 1 amide bonds. The van der Waals surface area contributed by atoms with E-state index in [1.54, 1.807) is 19.9 Å². The zero-order chi connectivity index (χ0) is 21.7. The van der Waals surface area contributed by atoms with E-state index in [0.717, 1.165) is 23.0 Å². The highest BCUT2D eigenvalue weighted by Crippen LogP contribution is 2.29. The number of aromatic nitrogens is 1. The molecule has 2 N–H and O–H groups in total. The molecule has 4 nitrogen and oxygen atoms in total. The third-order valence-electron chi connectivity index (χ3n) is 4.57. The Morgan fingerprint density at radius 1 is 1.07 bits per heavy atom. The van der Waals surface area contributed by atoms with Crippen LogP contribution in [0.15, 0.2) is 60.8 Å². The maximum atomic E-state index is 12.4. The smallest absolute Gasteiger partial charge is 0.433 e. The molecule has 0 unspecified atom stereocenters. The van der Waals surface area contributed by atoms with Crippen molar-refractivity contribution in [2.45, 2.75) is 33.4 Å². The molecule has 154 valence electrons. The lowest BCUT2D eigenvalue weighted by atomic mass is 9.89. The Bertz CT molecular complexity index is 980. The highest BCUT2D eigenvalue weighted by Gasteiger charge is 2.33. The SMILES string of the molecule is CCC(C)(C)C(=O)Nc1ccnc(C(F)(F)F)c1.Oc1cccc2ccccc12. The number of alkyl halides is 3. The second-order valence-electron chi connectivity index (χ2n) is 7.12. The zero-order valence-electron chi connectivity index (χ0n) is 16.4. The maximum Gasteiger partial charge on any atom is 0.433 e. The molecule has 3 rings (SSSR count). The monoisotopic (exact) mass is 404 g/mol. The van der Waals surface area contributed by atoms with Gasteiger partial charge in [0.2, 0.25) is 5.91 Å². The zero-order valence-corrected chi connectivity index (χ0v) is 16.4. The number of rotatable bonds is 3. The van der Waals surface area contributed by atoms with Crippen LogP contribution >= 0.6 is 0 Å². The van der Waals surface area contributed by atoms with E-state index in [9.17, 15) is 23.1 Å². The Kier molecular flexibility index (Phi) is 6.84. The van der Waals surface area contributed by atoms with Gasteiger partial charge in [-0.1, -0.05) is 57.2 Å². The van der Waals surface area contributed by atoms with Crippen molar-refractivity contribution in [2.24, 2.45) is 5.41 Å². The Morgan fingerprint density at radius 3 is 2.34 bits per heavy atom. The van der Waals surface area contributed by atoms with Gasteiger partial charge in [-0.25, -0.2) is 0 Å². The molecule has 0 saturated carbocycles. The number of nitrogens with one attached hydrogen (secondary N) is 1. The summed E-state index contributed by atoms with van der Waals surface area (Å²) in [6.45, 7) is 5.30. The summed E-state index contributed by atoms with van der Waals surface area (Å²) in [6, 6.07) is 15.4. The molecular formula is C22H23F3N2O2. The number of pyridine rings is 1. The van der Waals surface area contributed by atoms with Crippen LogP contribution in [-0.2, 0) is 11.0 Å². The molecule has 0 bridgehead atoms. The van der Waals surface area contributed by atoms with Gasteiger partial charge in [-0.05, 0) is 30.0 Å². The Hall–Kier alpha value is -3.09. The Balaban J connectivity index is 0.000000230. The molecule has 3 aromatic rings. The van der Waals surface area contributed by atoms with Crippen molar-refractivity contribution in [1.29, 1.82) is 0 Å². The van der Waals surface area contributed by atoms with Crippen LogP contribution in [0.3, 0.4) is 0 Å². The quantitative estimate of drug-likeness (QED) is 0.561. The summed E-state index contributed by atoms with van der Waals surface area (Å²) in [5.41, 5.74) is -1.54. The molecule has 1 heterocycles. The predicted molar refractivity (Wildman–Crippen MR) is 108 cm³/mol. The number of benzene rings is 2. The fraction of sp³-hybridized carbons (Fsp3) is 0.273. The van der Waals surface area contributed by atoms with E-state index in [2.05, 4.69) is 10.3 Å². The van der Waals surface area contributed by atoms with Gasteiger partial charge >= 0.3 is 6.18 Å². The summed E-state index contributed by atoms with van der Waals surface area (Å²) in [5, 5.41) is 13.8. The highest BCUT2D eigenvalue weighted by atomic mass is 19.4. The first kappa shape index (κ1) is 22.2. The van der Waals surface area contributed by atoms with Gasteiger partial charge in [0, 0.05) is 22.7 Å². The lowest BCUT2D eigenvalue weighted by Crippen LogP contribution is -2.30. The maximum absolute atomic E-state index is 12.4. The van der Waals surface area contributed by atoms with Crippen molar-refractivity contribution >= 4 is 22.4 Å². The largest absolute Gasteiger partial charge is 0.507 e. The lowest BCUT2D eigenvalue weighted by molar-refractivity contribution is -0.141. The number of anilines is 1. The third-order valence-corrected chi connectivity index (χ3v) is 4.57. The summed E-state index contributed by atoms with van der Waals surface area (Å²) in [6.07, 6.45) is -2.89. The van der Waals surface area contributed by atoms with Crippen molar-refractivity contribution in [3.05, 3.63) is 66.5 Å². The average Bonchev–Trinajstić information content (AvgIpc) is 2.68. The molecule has 0 fully saturated rings. The summed E-state index contributed by atoms with van der Waals surface area (Å²) in [5.74, 6) is 0.0347. The van der Waals surface area contributed by atoms with Crippen LogP contribution < -0.4 is 5.32 Å². The highest BCUT2D eigenvalue weighted by molar-refractivity contribution is 5.94. The van der Waals surface area contributed by atoms with Crippen LogP contribution in [0, 0.1) is 5.41 Å². The van der Waals surface area contributed by atoms with Gasteiger partial charge in [-0.2, -0.15) is 13.2 Å². The van der Waals surface area contributed by atoms with E-state index in [1.165, 1.54) is 6.07 Å². The van der Waals surface area contributed by atoms with Gasteiger partial charge in [-0.15, -0.1) is 0 Å². The lowest BCUT2D eigenvalue weighted by Gasteiger charge is -2.21. The fourth-order valence-corrected chi connectivity index (χ4v) is 2.33.